The third-order valence-corrected chi connectivity index (χ3v) is 3.32. The summed E-state index contributed by atoms with van der Waals surface area (Å²) in [6, 6.07) is 5.05. The number of benzene rings is 1. The first-order valence-corrected chi connectivity index (χ1v) is 6.05. The molecule has 0 saturated carbocycles. The van der Waals surface area contributed by atoms with Gasteiger partial charge in [0.2, 0.25) is 0 Å². The average molecular weight is 285 g/mol. The van der Waals surface area contributed by atoms with E-state index in [2.05, 4.69) is 5.10 Å². The fourth-order valence-corrected chi connectivity index (χ4v) is 2.02. The number of rotatable bonds is 3. The molecule has 94 valence electrons. The van der Waals surface area contributed by atoms with Crippen molar-refractivity contribution in [3.05, 3.63) is 45.7 Å². The summed E-state index contributed by atoms with van der Waals surface area (Å²) in [6.45, 7) is 1.87. The lowest BCUT2D eigenvalue weighted by Gasteiger charge is -2.07. The van der Waals surface area contributed by atoms with Crippen molar-refractivity contribution in [2.75, 3.05) is 0 Å². The third kappa shape index (κ3) is 2.21. The van der Waals surface area contributed by atoms with Crippen LogP contribution in [0.4, 0.5) is 0 Å². The van der Waals surface area contributed by atoms with E-state index in [0.717, 1.165) is 0 Å². The highest BCUT2D eigenvalue weighted by Gasteiger charge is 2.16. The van der Waals surface area contributed by atoms with Crippen molar-refractivity contribution in [2.24, 2.45) is 0 Å². The molecule has 2 rings (SSSR count). The SMILES string of the molecule is CCc1c(C(=O)O)cnn1-c1ccc(Cl)c(Cl)c1. The molecule has 6 heteroatoms. The maximum Gasteiger partial charge on any atom is 0.339 e. The van der Waals surface area contributed by atoms with Crippen molar-refractivity contribution in [1.82, 2.24) is 9.78 Å². The van der Waals surface area contributed by atoms with Gasteiger partial charge >= 0.3 is 5.97 Å². The lowest BCUT2D eigenvalue weighted by atomic mass is 10.2. The molecule has 0 aliphatic carbocycles. The van der Waals surface area contributed by atoms with Gasteiger partial charge in [0.15, 0.2) is 0 Å². The van der Waals surface area contributed by atoms with Crippen LogP contribution in [0.2, 0.25) is 10.0 Å². The van der Waals surface area contributed by atoms with E-state index in [1.54, 1.807) is 22.9 Å². The second kappa shape index (κ2) is 5.00. The van der Waals surface area contributed by atoms with Crippen LogP contribution >= 0.6 is 23.2 Å². The molecule has 0 unspecified atom stereocenters. The van der Waals surface area contributed by atoms with Crippen molar-refractivity contribution < 1.29 is 9.90 Å². The van der Waals surface area contributed by atoms with Gasteiger partial charge in [-0.05, 0) is 24.6 Å². The van der Waals surface area contributed by atoms with Crippen LogP contribution < -0.4 is 0 Å². The first-order chi connectivity index (χ1) is 8.54. The molecule has 0 aliphatic rings. The van der Waals surface area contributed by atoms with E-state index in [1.165, 1.54) is 6.20 Å². The van der Waals surface area contributed by atoms with Gasteiger partial charge in [-0.2, -0.15) is 5.10 Å². The number of carboxylic acid groups (broad SMARTS) is 1. The first-order valence-electron chi connectivity index (χ1n) is 5.30. The van der Waals surface area contributed by atoms with E-state index in [0.29, 0.717) is 27.8 Å². The summed E-state index contributed by atoms with van der Waals surface area (Å²) < 4.78 is 1.56. The Morgan fingerprint density at radius 1 is 1.39 bits per heavy atom. The number of aromatic carboxylic acids is 1. The van der Waals surface area contributed by atoms with E-state index in [1.807, 2.05) is 6.92 Å². The Morgan fingerprint density at radius 2 is 2.11 bits per heavy atom. The molecule has 0 saturated heterocycles. The number of carbonyl (C=O) groups is 1. The van der Waals surface area contributed by atoms with Crippen molar-refractivity contribution in [3.63, 3.8) is 0 Å². The summed E-state index contributed by atoms with van der Waals surface area (Å²) in [5, 5.41) is 14.0. The summed E-state index contributed by atoms with van der Waals surface area (Å²) in [5.74, 6) is -0.988. The molecule has 4 nitrogen and oxygen atoms in total. The summed E-state index contributed by atoms with van der Waals surface area (Å²) in [6.07, 6.45) is 1.89. The first kappa shape index (κ1) is 12.9. The molecule has 0 spiro atoms. The zero-order chi connectivity index (χ0) is 13.3. The van der Waals surface area contributed by atoms with E-state index >= 15 is 0 Å². The molecule has 0 radical (unpaired) electrons. The highest BCUT2D eigenvalue weighted by Crippen LogP contribution is 2.25. The topological polar surface area (TPSA) is 55.1 Å². The van der Waals surface area contributed by atoms with Crippen LogP contribution in [0.15, 0.2) is 24.4 Å². The molecule has 0 amide bonds. The smallest absolute Gasteiger partial charge is 0.339 e. The van der Waals surface area contributed by atoms with Gasteiger partial charge in [0.05, 0.1) is 27.6 Å². The van der Waals surface area contributed by atoms with Crippen LogP contribution in [-0.2, 0) is 6.42 Å². The molecular formula is C12H10Cl2N2O2. The van der Waals surface area contributed by atoms with Crippen LogP contribution in [0, 0.1) is 0 Å². The van der Waals surface area contributed by atoms with Crippen molar-refractivity contribution in [1.29, 1.82) is 0 Å². The Labute approximate surface area is 114 Å². The van der Waals surface area contributed by atoms with E-state index in [9.17, 15) is 4.79 Å². The Kier molecular flexibility index (Phi) is 3.59. The van der Waals surface area contributed by atoms with Gasteiger partial charge in [-0.3, -0.25) is 0 Å². The molecular weight excluding hydrogens is 275 g/mol. The minimum absolute atomic E-state index is 0.198. The maximum absolute atomic E-state index is 11.0. The lowest BCUT2D eigenvalue weighted by Crippen LogP contribution is -2.05. The van der Waals surface area contributed by atoms with Gasteiger partial charge in [-0.25, -0.2) is 9.48 Å². The minimum atomic E-state index is -0.988. The number of hydrogen-bond acceptors (Lipinski definition) is 2. The monoisotopic (exact) mass is 284 g/mol. The molecule has 2 aromatic rings. The Bertz CT molecular complexity index is 608. The number of aromatic nitrogens is 2. The third-order valence-electron chi connectivity index (χ3n) is 2.58. The zero-order valence-corrected chi connectivity index (χ0v) is 11.0. The number of hydrogen-bond donors (Lipinski definition) is 1. The van der Waals surface area contributed by atoms with Gasteiger partial charge < -0.3 is 5.11 Å². The standard InChI is InChI=1S/C12H10Cl2N2O2/c1-2-11-8(12(17)18)6-15-16(11)7-3-4-9(13)10(14)5-7/h3-6H,2H2,1H3,(H,17,18). The molecule has 0 fully saturated rings. The molecule has 1 N–H and O–H groups in total. The summed E-state index contributed by atoms with van der Waals surface area (Å²) in [5.41, 5.74) is 1.51. The van der Waals surface area contributed by atoms with Gasteiger partial charge in [-0.1, -0.05) is 30.1 Å². The molecule has 1 aromatic carbocycles. The minimum Gasteiger partial charge on any atom is -0.478 e. The van der Waals surface area contributed by atoms with Gasteiger partial charge in [0, 0.05) is 0 Å². The van der Waals surface area contributed by atoms with Gasteiger partial charge in [-0.15, -0.1) is 0 Å². The van der Waals surface area contributed by atoms with Crippen LogP contribution in [0.25, 0.3) is 5.69 Å². The molecule has 0 aliphatic heterocycles. The molecule has 1 aromatic heterocycles. The number of halogens is 2. The fraction of sp³-hybridized carbons (Fsp3) is 0.167. The van der Waals surface area contributed by atoms with E-state index in [4.69, 9.17) is 28.3 Å². The Balaban J connectivity index is 2.57. The normalized spacial score (nSPS) is 10.6. The summed E-state index contributed by atoms with van der Waals surface area (Å²) >= 11 is 11.8. The van der Waals surface area contributed by atoms with Crippen LogP contribution in [0.1, 0.15) is 23.0 Å². The summed E-state index contributed by atoms with van der Waals surface area (Å²) in [4.78, 5) is 11.0. The van der Waals surface area contributed by atoms with Crippen LogP contribution in [0.3, 0.4) is 0 Å². The number of carboxylic acids is 1. The van der Waals surface area contributed by atoms with E-state index < -0.39 is 5.97 Å². The van der Waals surface area contributed by atoms with E-state index in [-0.39, 0.29) is 5.56 Å². The van der Waals surface area contributed by atoms with Crippen molar-refractivity contribution in [2.45, 2.75) is 13.3 Å². The fourth-order valence-electron chi connectivity index (χ4n) is 1.73. The predicted octanol–water partition coefficient (Wildman–Crippen LogP) is 3.44. The van der Waals surface area contributed by atoms with Gasteiger partial charge in [0.25, 0.3) is 0 Å². The predicted molar refractivity (Wildman–Crippen MR) is 69.9 cm³/mol. The second-order valence-electron chi connectivity index (χ2n) is 3.67. The molecule has 18 heavy (non-hydrogen) atoms. The number of nitrogens with zero attached hydrogens (tertiary/aromatic N) is 2. The van der Waals surface area contributed by atoms with Crippen LogP contribution in [0.5, 0.6) is 0 Å². The zero-order valence-electron chi connectivity index (χ0n) is 9.52. The molecule has 0 atom stereocenters. The lowest BCUT2D eigenvalue weighted by molar-refractivity contribution is 0.0695. The van der Waals surface area contributed by atoms with Crippen molar-refractivity contribution in [3.8, 4) is 5.69 Å². The quantitative estimate of drug-likeness (QED) is 0.939. The second-order valence-corrected chi connectivity index (χ2v) is 4.49. The van der Waals surface area contributed by atoms with Crippen molar-refractivity contribution >= 4 is 29.2 Å². The molecule has 0 bridgehead atoms. The maximum atomic E-state index is 11.0. The molecule has 1 heterocycles. The highest BCUT2D eigenvalue weighted by atomic mass is 35.5. The van der Waals surface area contributed by atoms with Crippen LogP contribution in [-0.4, -0.2) is 20.9 Å². The highest BCUT2D eigenvalue weighted by molar-refractivity contribution is 6.42. The Morgan fingerprint density at radius 3 is 2.67 bits per heavy atom. The van der Waals surface area contributed by atoms with Gasteiger partial charge in [0.1, 0.15) is 5.56 Å². The summed E-state index contributed by atoms with van der Waals surface area (Å²) in [7, 11) is 0. The largest absolute Gasteiger partial charge is 0.478 e. The Hall–Kier alpha value is -1.52. The average Bonchev–Trinajstić information content (AvgIpc) is 2.76.